The van der Waals surface area contributed by atoms with E-state index in [1.165, 1.54) is 6.08 Å². The van der Waals surface area contributed by atoms with Gasteiger partial charge in [0.25, 0.3) is 11.8 Å². The SMILES string of the molecule is C#C.CC.CC/C=C/F.CCCN(CCC)C(=O)c1cc(C)cc(C(=O)NC[C@@H](O)CCN)c1. The van der Waals surface area contributed by atoms with Crippen molar-refractivity contribution in [2.45, 2.75) is 73.3 Å². The van der Waals surface area contributed by atoms with E-state index in [1.807, 2.05) is 46.4 Å². The van der Waals surface area contributed by atoms with Gasteiger partial charge in [-0.2, -0.15) is 0 Å². The van der Waals surface area contributed by atoms with Gasteiger partial charge in [-0.3, -0.25) is 9.59 Å². The molecule has 0 fully saturated rings. The second-order valence-electron chi connectivity index (χ2n) is 7.09. The third kappa shape index (κ3) is 16.9. The van der Waals surface area contributed by atoms with Gasteiger partial charge in [0.05, 0.1) is 12.4 Å². The molecule has 1 aromatic rings. The number of terminal acetylenes is 1. The van der Waals surface area contributed by atoms with Gasteiger partial charge in [-0.1, -0.05) is 40.7 Å². The molecule has 7 heteroatoms. The monoisotopic (exact) mass is 479 g/mol. The van der Waals surface area contributed by atoms with Gasteiger partial charge in [-0.15, -0.1) is 12.8 Å². The van der Waals surface area contributed by atoms with Gasteiger partial charge >= 0.3 is 0 Å². The lowest BCUT2D eigenvalue weighted by atomic mass is 10.0. The Hall–Kier alpha value is -2.69. The summed E-state index contributed by atoms with van der Waals surface area (Å²) in [6, 6.07) is 5.17. The van der Waals surface area contributed by atoms with Crippen LogP contribution in [-0.4, -0.2) is 54.1 Å². The van der Waals surface area contributed by atoms with Crippen molar-refractivity contribution in [2.75, 3.05) is 26.2 Å². The van der Waals surface area contributed by atoms with E-state index in [9.17, 15) is 19.1 Å². The van der Waals surface area contributed by atoms with Gasteiger partial charge in [0, 0.05) is 30.8 Å². The number of hydrogen-bond donors (Lipinski definition) is 3. The van der Waals surface area contributed by atoms with Crippen LogP contribution in [0.15, 0.2) is 30.6 Å². The zero-order chi connectivity index (χ0) is 26.9. The highest BCUT2D eigenvalue weighted by Gasteiger charge is 2.17. The summed E-state index contributed by atoms with van der Waals surface area (Å²) in [4.78, 5) is 26.9. The molecule has 6 nitrogen and oxygen atoms in total. The van der Waals surface area contributed by atoms with Crippen molar-refractivity contribution >= 4 is 11.8 Å². The number of hydrogen-bond acceptors (Lipinski definition) is 4. The summed E-state index contributed by atoms with van der Waals surface area (Å²) < 4.78 is 10.8. The molecule has 0 heterocycles. The Kier molecular flexibility index (Phi) is 26.3. The predicted molar refractivity (Wildman–Crippen MR) is 141 cm³/mol. The van der Waals surface area contributed by atoms with Crippen molar-refractivity contribution < 1.29 is 19.1 Å². The van der Waals surface area contributed by atoms with Crippen LogP contribution in [0.25, 0.3) is 0 Å². The van der Waals surface area contributed by atoms with E-state index in [2.05, 4.69) is 18.2 Å². The lowest BCUT2D eigenvalue weighted by Gasteiger charge is -2.22. The van der Waals surface area contributed by atoms with Crippen LogP contribution in [0, 0.1) is 19.8 Å². The normalized spacial score (nSPS) is 10.4. The molecular formula is C27H46FN3O3. The molecule has 1 atom stereocenters. The van der Waals surface area contributed by atoms with Crippen molar-refractivity contribution in [1.29, 1.82) is 0 Å². The van der Waals surface area contributed by atoms with Gasteiger partial charge < -0.3 is 21.1 Å². The number of halogens is 1. The minimum Gasteiger partial charge on any atom is -0.391 e. The molecule has 1 aromatic carbocycles. The van der Waals surface area contributed by atoms with Crippen molar-refractivity contribution in [3.05, 3.63) is 47.3 Å². The average molecular weight is 480 g/mol. The van der Waals surface area contributed by atoms with Crippen LogP contribution < -0.4 is 11.1 Å². The highest BCUT2D eigenvalue weighted by molar-refractivity contribution is 6.00. The molecule has 34 heavy (non-hydrogen) atoms. The molecule has 0 saturated carbocycles. The Morgan fingerprint density at radius 3 is 2.06 bits per heavy atom. The summed E-state index contributed by atoms with van der Waals surface area (Å²) in [6.07, 6.45) is 12.4. The predicted octanol–water partition coefficient (Wildman–Crippen LogP) is 4.85. The molecule has 0 radical (unpaired) electrons. The van der Waals surface area contributed by atoms with Gasteiger partial charge in [0.2, 0.25) is 0 Å². The molecule has 0 spiro atoms. The zero-order valence-electron chi connectivity index (χ0n) is 21.9. The minimum absolute atomic E-state index is 0.0513. The van der Waals surface area contributed by atoms with Crippen molar-refractivity contribution in [1.82, 2.24) is 10.2 Å². The van der Waals surface area contributed by atoms with Crippen LogP contribution in [0.4, 0.5) is 4.39 Å². The summed E-state index contributed by atoms with van der Waals surface area (Å²) in [6.45, 7) is 13.7. The number of nitrogens with one attached hydrogen (secondary N) is 1. The van der Waals surface area contributed by atoms with Crippen molar-refractivity contribution in [3.8, 4) is 12.8 Å². The molecular weight excluding hydrogens is 433 g/mol. The number of carbonyl (C=O) groups is 2. The molecule has 0 saturated heterocycles. The summed E-state index contributed by atoms with van der Waals surface area (Å²) in [5.41, 5.74) is 7.19. The highest BCUT2D eigenvalue weighted by atomic mass is 19.1. The largest absolute Gasteiger partial charge is 0.391 e. The summed E-state index contributed by atoms with van der Waals surface area (Å²) in [5, 5.41) is 12.4. The summed E-state index contributed by atoms with van der Waals surface area (Å²) in [5.74, 6) is -0.351. The van der Waals surface area contributed by atoms with Crippen molar-refractivity contribution in [3.63, 3.8) is 0 Å². The molecule has 194 valence electrons. The molecule has 2 amide bonds. The van der Waals surface area contributed by atoms with E-state index in [4.69, 9.17) is 5.73 Å². The van der Waals surface area contributed by atoms with Gasteiger partial charge in [-0.25, -0.2) is 4.39 Å². The molecule has 0 aliphatic carbocycles. The maximum atomic E-state index is 12.7. The number of aliphatic hydroxyl groups is 1. The fourth-order valence-corrected chi connectivity index (χ4v) is 2.77. The second-order valence-corrected chi connectivity index (χ2v) is 7.09. The minimum atomic E-state index is -0.663. The van der Waals surface area contributed by atoms with E-state index in [-0.39, 0.29) is 18.4 Å². The van der Waals surface area contributed by atoms with Crippen LogP contribution >= 0.6 is 0 Å². The van der Waals surface area contributed by atoms with Crippen LogP contribution in [0.5, 0.6) is 0 Å². The number of amides is 2. The maximum absolute atomic E-state index is 12.7. The lowest BCUT2D eigenvalue weighted by Crippen LogP contribution is -2.34. The smallest absolute Gasteiger partial charge is 0.253 e. The molecule has 0 unspecified atom stereocenters. The number of allylic oxidation sites excluding steroid dienone is 1. The Balaban J connectivity index is -0.000000923. The number of nitrogens with two attached hydrogens (primary N) is 1. The Labute approximate surface area is 206 Å². The zero-order valence-corrected chi connectivity index (χ0v) is 21.9. The Morgan fingerprint density at radius 2 is 1.65 bits per heavy atom. The third-order valence-corrected chi connectivity index (χ3v) is 4.18. The van der Waals surface area contributed by atoms with Gasteiger partial charge in [0.1, 0.15) is 0 Å². The van der Waals surface area contributed by atoms with E-state index in [1.54, 1.807) is 18.2 Å². The van der Waals surface area contributed by atoms with Crippen LogP contribution in [0.1, 0.15) is 86.6 Å². The number of aliphatic hydroxyl groups excluding tert-OH is 1. The number of benzene rings is 1. The first-order valence-corrected chi connectivity index (χ1v) is 12.0. The summed E-state index contributed by atoms with van der Waals surface area (Å²) >= 11 is 0. The van der Waals surface area contributed by atoms with Gasteiger partial charge in [0.15, 0.2) is 0 Å². The number of nitrogens with zero attached hydrogens (tertiary/aromatic N) is 1. The Morgan fingerprint density at radius 1 is 1.12 bits per heavy atom. The maximum Gasteiger partial charge on any atom is 0.253 e. The lowest BCUT2D eigenvalue weighted by molar-refractivity contribution is 0.0755. The molecule has 0 aliphatic rings. The fourth-order valence-electron chi connectivity index (χ4n) is 2.77. The third-order valence-electron chi connectivity index (χ3n) is 4.18. The van der Waals surface area contributed by atoms with Crippen LogP contribution in [0.3, 0.4) is 0 Å². The molecule has 0 bridgehead atoms. The average Bonchev–Trinajstić information content (AvgIpc) is 2.85. The first-order valence-electron chi connectivity index (χ1n) is 12.0. The number of rotatable bonds is 11. The second kappa shape index (κ2) is 24.9. The van der Waals surface area contributed by atoms with Gasteiger partial charge in [-0.05, 0) is 62.9 Å². The van der Waals surface area contributed by atoms with Crippen LogP contribution in [0.2, 0.25) is 0 Å². The van der Waals surface area contributed by atoms with E-state index in [0.717, 1.165) is 24.8 Å². The molecule has 4 N–H and O–H groups in total. The van der Waals surface area contributed by atoms with Crippen molar-refractivity contribution in [2.24, 2.45) is 5.73 Å². The molecule has 1 rings (SSSR count). The highest BCUT2D eigenvalue weighted by Crippen LogP contribution is 2.13. The first kappa shape index (κ1) is 35.9. The topological polar surface area (TPSA) is 95.7 Å². The van der Waals surface area contributed by atoms with E-state index >= 15 is 0 Å². The Bertz CT molecular complexity index is 700. The summed E-state index contributed by atoms with van der Waals surface area (Å²) in [7, 11) is 0. The number of aryl methyl sites for hydroxylation is 1. The van der Waals surface area contributed by atoms with E-state index < -0.39 is 6.10 Å². The van der Waals surface area contributed by atoms with E-state index in [0.29, 0.717) is 43.5 Å². The molecule has 0 aromatic heterocycles. The fraction of sp³-hybridized carbons (Fsp3) is 0.556. The quantitative estimate of drug-likeness (QED) is 0.395. The van der Waals surface area contributed by atoms with Crippen LogP contribution in [-0.2, 0) is 0 Å². The first-order chi connectivity index (χ1) is 16.3. The number of carbonyl (C=O) groups excluding carboxylic acids is 2. The standard InChI is InChI=1S/C19H31N3O3.C4H7F.C2H6.C2H2/c1-4-8-22(9-5-2)19(25)16-11-14(3)10-15(12-16)18(24)21-13-17(23)6-7-20;1-2-3-4-5;2*1-2/h10-12,17,23H,4-9,13,20H2,1-3H3,(H,21,24);3-4H,2H2,1H3;1-2H3;1-2H/b;4-3+;;/t17-;;;/m0.../s1. The molecule has 0 aliphatic heterocycles.